The van der Waals surface area contributed by atoms with E-state index in [-0.39, 0.29) is 17.6 Å². The molecule has 0 amide bonds. The van der Waals surface area contributed by atoms with Crippen LogP contribution >= 0.6 is 0 Å². The molecule has 5 rings (SSSR count). The Labute approximate surface area is 297 Å². The highest BCUT2D eigenvalue weighted by atomic mass is 16.6. The molecular formula is C37H59NO12. The maximum Gasteiger partial charge on any atom is 0.165 e. The molecule has 1 aromatic carbocycles. The van der Waals surface area contributed by atoms with Crippen molar-refractivity contribution in [2.24, 2.45) is 5.92 Å². The molecule has 2 heterocycles. The average molecular weight is 710 g/mol. The van der Waals surface area contributed by atoms with Crippen LogP contribution in [-0.4, -0.2) is 170 Å². The monoisotopic (exact) mass is 709 g/mol. The molecule has 0 aromatic heterocycles. The Morgan fingerprint density at radius 1 is 0.660 bits per heavy atom. The van der Waals surface area contributed by atoms with Gasteiger partial charge in [-0.15, -0.1) is 0 Å². The highest BCUT2D eigenvalue weighted by molar-refractivity contribution is 5.62. The first-order valence-corrected chi connectivity index (χ1v) is 18.2. The lowest BCUT2D eigenvalue weighted by molar-refractivity contribution is -0.0818. The highest BCUT2D eigenvalue weighted by Crippen LogP contribution is 2.62. The SMILES string of the molecule is COCCOCCOCCOCCOCCOCCOCCOCCOCCO[C@H]1C=CC2C3Cc4ccc(OC)c5c4[C@@]2(CCN3C)[C@H]1O5. The smallest absolute Gasteiger partial charge is 0.165 e. The third kappa shape index (κ3) is 10.4. The zero-order chi connectivity index (χ0) is 34.9. The van der Waals surface area contributed by atoms with Crippen LogP contribution in [0.2, 0.25) is 0 Å². The highest BCUT2D eigenvalue weighted by Gasteiger charge is 2.64. The lowest BCUT2D eigenvalue weighted by atomic mass is 9.53. The van der Waals surface area contributed by atoms with Gasteiger partial charge >= 0.3 is 0 Å². The van der Waals surface area contributed by atoms with Gasteiger partial charge in [-0.25, -0.2) is 0 Å². The molecule has 5 atom stereocenters. The summed E-state index contributed by atoms with van der Waals surface area (Å²) in [6, 6.07) is 4.77. The van der Waals surface area contributed by atoms with Gasteiger partial charge in [0.05, 0.1) is 126 Å². The summed E-state index contributed by atoms with van der Waals surface area (Å²) in [6.45, 7) is 10.5. The molecule has 0 N–H and O–H groups in total. The molecule has 1 fully saturated rings. The summed E-state index contributed by atoms with van der Waals surface area (Å²) in [5.74, 6) is 2.15. The fourth-order valence-corrected chi connectivity index (χ4v) is 7.54. The number of ether oxygens (including phenoxy) is 12. The lowest BCUT2D eigenvalue weighted by Crippen LogP contribution is -2.65. The van der Waals surface area contributed by atoms with Crippen molar-refractivity contribution in [1.29, 1.82) is 0 Å². The Kier molecular flexibility index (Phi) is 17.0. The zero-order valence-electron chi connectivity index (χ0n) is 30.3. The summed E-state index contributed by atoms with van der Waals surface area (Å²) in [5.41, 5.74) is 2.68. The predicted octanol–water partition coefficient (Wildman–Crippen LogP) is 2.30. The van der Waals surface area contributed by atoms with E-state index in [1.54, 1.807) is 14.2 Å². The van der Waals surface area contributed by atoms with E-state index in [1.807, 2.05) is 0 Å². The molecular weight excluding hydrogens is 650 g/mol. The van der Waals surface area contributed by atoms with E-state index in [0.29, 0.717) is 131 Å². The number of hydrogen-bond acceptors (Lipinski definition) is 13. The summed E-state index contributed by atoms with van der Waals surface area (Å²) >= 11 is 0. The van der Waals surface area contributed by atoms with E-state index in [2.05, 4.69) is 36.2 Å². The molecule has 2 unspecified atom stereocenters. The number of likely N-dealkylation sites (N-methyl/N-ethyl adjacent to an activating group) is 1. The van der Waals surface area contributed by atoms with Gasteiger partial charge < -0.3 is 61.7 Å². The van der Waals surface area contributed by atoms with E-state index in [0.717, 1.165) is 30.9 Å². The van der Waals surface area contributed by atoms with Gasteiger partial charge in [-0.05, 0) is 38.1 Å². The van der Waals surface area contributed by atoms with Crippen LogP contribution in [0.3, 0.4) is 0 Å². The molecule has 4 aliphatic rings. The van der Waals surface area contributed by atoms with Crippen molar-refractivity contribution in [2.75, 3.05) is 147 Å². The number of piperidine rings is 1. The summed E-state index contributed by atoms with van der Waals surface area (Å²) in [7, 11) is 5.62. The van der Waals surface area contributed by atoms with Gasteiger partial charge in [0.1, 0.15) is 12.2 Å². The van der Waals surface area contributed by atoms with Crippen LogP contribution in [-0.2, 0) is 59.2 Å². The Balaban J connectivity index is 0.816. The minimum atomic E-state index is -0.133. The van der Waals surface area contributed by atoms with Crippen LogP contribution in [0.15, 0.2) is 24.3 Å². The zero-order valence-corrected chi connectivity index (χ0v) is 30.3. The van der Waals surface area contributed by atoms with Crippen molar-refractivity contribution in [3.8, 4) is 11.5 Å². The van der Waals surface area contributed by atoms with Crippen LogP contribution in [0, 0.1) is 5.92 Å². The number of methoxy groups -OCH3 is 2. The van der Waals surface area contributed by atoms with Crippen molar-refractivity contribution in [3.63, 3.8) is 0 Å². The molecule has 2 bridgehead atoms. The van der Waals surface area contributed by atoms with E-state index in [9.17, 15) is 0 Å². The molecule has 13 nitrogen and oxygen atoms in total. The fourth-order valence-electron chi connectivity index (χ4n) is 7.54. The third-order valence-corrected chi connectivity index (χ3v) is 9.91. The first-order valence-electron chi connectivity index (χ1n) is 18.2. The minimum Gasteiger partial charge on any atom is -0.493 e. The van der Waals surface area contributed by atoms with Crippen LogP contribution in [0.1, 0.15) is 17.5 Å². The van der Waals surface area contributed by atoms with E-state index in [4.69, 9.17) is 56.8 Å². The average Bonchev–Trinajstić information content (AvgIpc) is 3.48. The van der Waals surface area contributed by atoms with E-state index >= 15 is 0 Å². The molecule has 50 heavy (non-hydrogen) atoms. The van der Waals surface area contributed by atoms with Gasteiger partial charge in [0.25, 0.3) is 0 Å². The number of hydrogen-bond donors (Lipinski definition) is 0. The largest absolute Gasteiger partial charge is 0.493 e. The Morgan fingerprint density at radius 2 is 1.16 bits per heavy atom. The van der Waals surface area contributed by atoms with Crippen LogP contribution < -0.4 is 9.47 Å². The number of rotatable bonds is 29. The van der Waals surface area contributed by atoms with Crippen molar-refractivity contribution < 1.29 is 56.8 Å². The normalized spacial score (nSPS) is 24.8. The maximum absolute atomic E-state index is 6.74. The maximum atomic E-state index is 6.74. The Bertz CT molecular complexity index is 1140. The summed E-state index contributed by atoms with van der Waals surface area (Å²) in [5, 5.41) is 0. The molecule has 2 aliphatic heterocycles. The van der Waals surface area contributed by atoms with Crippen molar-refractivity contribution in [3.05, 3.63) is 35.4 Å². The van der Waals surface area contributed by atoms with Gasteiger partial charge in [-0.3, -0.25) is 0 Å². The lowest BCUT2D eigenvalue weighted by Gasteiger charge is -2.56. The van der Waals surface area contributed by atoms with Crippen LogP contribution in [0.5, 0.6) is 11.5 Å². The topological polar surface area (TPSA) is 114 Å². The molecule has 1 aromatic rings. The van der Waals surface area contributed by atoms with Gasteiger partial charge in [0.2, 0.25) is 0 Å². The van der Waals surface area contributed by atoms with Crippen molar-refractivity contribution in [1.82, 2.24) is 4.90 Å². The molecule has 0 saturated carbocycles. The van der Waals surface area contributed by atoms with E-state index < -0.39 is 0 Å². The predicted molar refractivity (Wildman–Crippen MR) is 185 cm³/mol. The van der Waals surface area contributed by atoms with Gasteiger partial charge in [-0.1, -0.05) is 18.2 Å². The summed E-state index contributed by atoms with van der Waals surface area (Å²) in [4.78, 5) is 2.52. The van der Waals surface area contributed by atoms with Crippen molar-refractivity contribution >= 4 is 0 Å². The quantitative estimate of drug-likeness (QED) is 0.0897. The Hall–Kier alpha value is -1.88. The van der Waals surface area contributed by atoms with E-state index in [1.165, 1.54) is 11.1 Å². The number of likely N-dealkylation sites (tertiary alicyclic amines) is 1. The standard InChI is InChI=1S/C37H59NO12/c1-38-9-8-37-30-5-7-33(36(37)50-35-32(40-3)6-4-29(34(35)37)28-31(30)38)49-27-26-48-25-24-47-23-22-46-21-20-45-19-18-44-17-16-43-15-14-42-13-12-41-11-10-39-2/h4-7,30-31,33,36H,8-28H2,1-3H3/t30?,31?,33-,36-,37-/m0/s1. The van der Waals surface area contributed by atoms with Gasteiger partial charge in [0, 0.05) is 30.0 Å². The summed E-state index contributed by atoms with van der Waals surface area (Å²) < 4.78 is 68.0. The molecule has 1 spiro atoms. The first-order chi connectivity index (χ1) is 24.7. The molecule has 2 aliphatic carbocycles. The second-order valence-corrected chi connectivity index (χ2v) is 12.8. The Morgan fingerprint density at radius 3 is 1.66 bits per heavy atom. The second kappa shape index (κ2) is 21.6. The molecule has 0 radical (unpaired) electrons. The van der Waals surface area contributed by atoms with Gasteiger partial charge in [0.15, 0.2) is 11.5 Å². The molecule has 284 valence electrons. The molecule has 13 heteroatoms. The molecule has 1 saturated heterocycles. The van der Waals surface area contributed by atoms with Crippen LogP contribution in [0.25, 0.3) is 0 Å². The number of benzene rings is 1. The van der Waals surface area contributed by atoms with Crippen molar-refractivity contribution in [2.45, 2.75) is 36.5 Å². The van der Waals surface area contributed by atoms with Gasteiger partial charge in [-0.2, -0.15) is 0 Å². The fraction of sp³-hybridized carbons (Fsp3) is 0.784. The summed E-state index contributed by atoms with van der Waals surface area (Å²) in [6.07, 6.45) is 6.50. The third-order valence-electron chi connectivity index (χ3n) is 9.91. The minimum absolute atomic E-state index is 0.0637. The first kappa shape index (κ1) is 39.3. The number of nitrogens with zero attached hydrogens (tertiary/aromatic N) is 1. The van der Waals surface area contributed by atoms with Crippen LogP contribution in [0.4, 0.5) is 0 Å². The second-order valence-electron chi connectivity index (χ2n) is 12.8.